The number of H-pyrrole nitrogens is 1. The first kappa shape index (κ1) is 9.79. The van der Waals surface area contributed by atoms with Crippen LogP contribution in [0.3, 0.4) is 0 Å². The van der Waals surface area contributed by atoms with E-state index in [1.165, 1.54) is 28.2 Å². The summed E-state index contributed by atoms with van der Waals surface area (Å²) in [4.78, 5) is 3.30. The third kappa shape index (κ3) is 1.36. The van der Waals surface area contributed by atoms with Crippen molar-refractivity contribution in [1.82, 2.24) is 13.7 Å². The SMILES string of the molecule is c1ccc2c(-c3ccc4nsnc4c3)c[nH]c2c1. The molecule has 0 atom stereocenters. The summed E-state index contributed by atoms with van der Waals surface area (Å²) in [6.45, 7) is 0. The summed E-state index contributed by atoms with van der Waals surface area (Å²) in [5.74, 6) is 0. The van der Waals surface area contributed by atoms with Gasteiger partial charge in [0, 0.05) is 22.7 Å². The van der Waals surface area contributed by atoms with Gasteiger partial charge in [0.2, 0.25) is 0 Å². The summed E-state index contributed by atoms with van der Waals surface area (Å²) >= 11 is 1.25. The van der Waals surface area contributed by atoms with Gasteiger partial charge >= 0.3 is 0 Å². The lowest BCUT2D eigenvalue weighted by atomic mass is 10.0. The van der Waals surface area contributed by atoms with Gasteiger partial charge in [-0.2, -0.15) is 8.75 Å². The fourth-order valence-corrected chi connectivity index (χ4v) is 2.78. The number of aromatic nitrogens is 3. The van der Waals surface area contributed by atoms with Crippen LogP contribution in [0.4, 0.5) is 0 Å². The van der Waals surface area contributed by atoms with Crippen LogP contribution in [0.5, 0.6) is 0 Å². The highest BCUT2D eigenvalue weighted by molar-refractivity contribution is 7.00. The molecule has 0 aliphatic carbocycles. The number of nitrogens with zero attached hydrogens (tertiary/aromatic N) is 2. The van der Waals surface area contributed by atoms with Gasteiger partial charge in [-0.25, -0.2) is 0 Å². The minimum atomic E-state index is 0.961. The van der Waals surface area contributed by atoms with E-state index in [1.54, 1.807) is 0 Å². The molecule has 1 N–H and O–H groups in total. The number of benzene rings is 2. The topological polar surface area (TPSA) is 41.6 Å². The van der Waals surface area contributed by atoms with Crippen LogP contribution >= 0.6 is 11.7 Å². The van der Waals surface area contributed by atoms with Crippen LogP contribution in [0.2, 0.25) is 0 Å². The molecule has 0 spiro atoms. The smallest absolute Gasteiger partial charge is 0.105 e. The predicted molar refractivity (Wildman–Crippen MR) is 74.7 cm³/mol. The van der Waals surface area contributed by atoms with E-state index in [0.717, 1.165) is 16.6 Å². The van der Waals surface area contributed by atoms with Crippen molar-refractivity contribution in [3.05, 3.63) is 48.7 Å². The summed E-state index contributed by atoms with van der Waals surface area (Å²) in [7, 11) is 0. The van der Waals surface area contributed by atoms with E-state index >= 15 is 0 Å². The fourth-order valence-electron chi connectivity index (χ4n) is 2.26. The Kier molecular flexibility index (Phi) is 1.98. The molecule has 0 aliphatic rings. The Morgan fingerprint density at radius 1 is 0.944 bits per heavy atom. The Morgan fingerprint density at radius 3 is 2.83 bits per heavy atom. The second kappa shape index (κ2) is 3.65. The van der Waals surface area contributed by atoms with Crippen molar-refractivity contribution in [3.63, 3.8) is 0 Å². The maximum absolute atomic E-state index is 4.29. The van der Waals surface area contributed by atoms with E-state index in [2.05, 4.69) is 44.1 Å². The van der Waals surface area contributed by atoms with Gasteiger partial charge in [-0.05, 0) is 23.8 Å². The van der Waals surface area contributed by atoms with Gasteiger partial charge in [-0.1, -0.05) is 24.3 Å². The summed E-state index contributed by atoms with van der Waals surface area (Å²) < 4.78 is 8.52. The first-order chi connectivity index (χ1) is 8.92. The van der Waals surface area contributed by atoms with Crippen molar-refractivity contribution in [1.29, 1.82) is 0 Å². The summed E-state index contributed by atoms with van der Waals surface area (Å²) in [6, 6.07) is 14.5. The number of rotatable bonds is 1. The van der Waals surface area contributed by atoms with Crippen LogP contribution in [-0.2, 0) is 0 Å². The zero-order chi connectivity index (χ0) is 11.9. The van der Waals surface area contributed by atoms with Gasteiger partial charge in [-0.3, -0.25) is 0 Å². The maximum Gasteiger partial charge on any atom is 0.105 e. The average Bonchev–Trinajstić information content (AvgIpc) is 3.04. The van der Waals surface area contributed by atoms with Gasteiger partial charge in [0.15, 0.2) is 0 Å². The zero-order valence-corrected chi connectivity index (χ0v) is 10.2. The van der Waals surface area contributed by atoms with Crippen LogP contribution < -0.4 is 0 Å². The van der Waals surface area contributed by atoms with E-state index in [4.69, 9.17) is 0 Å². The lowest BCUT2D eigenvalue weighted by Crippen LogP contribution is -1.76. The second-order valence-electron chi connectivity index (χ2n) is 4.22. The molecule has 18 heavy (non-hydrogen) atoms. The molecule has 0 unspecified atom stereocenters. The average molecular weight is 251 g/mol. The molecule has 0 amide bonds. The number of nitrogens with one attached hydrogen (secondary N) is 1. The predicted octanol–water partition coefficient (Wildman–Crippen LogP) is 3.84. The normalized spacial score (nSPS) is 11.3. The summed E-state index contributed by atoms with van der Waals surface area (Å²) in [6.07, 6.45) is 2.05. The molecule has 0 fully saturated rings. The number of aromatic amines is 1. The van der Waals surface area contributed by atoms with Crippen LogP contribution in [0.1, 0.15) is 0 Å². The highest BCUT2D eigenvalue weighted by Crippen LogP contribution is 2.30. The molecule has 86 valence electrons. The van der Waals surface area contributed by atoms with Crippen LogP contribution in [0.25, 0.3) is 33.1 Å². The van der Waals surface area contributed by atoms with Crippen molar-refractivity contribution in [2.45, 2.75) is 0 Å². The Hall–Kier alpha value is -2.20. The number of fused-ring (bicyclic) bond motifs is 2. The first-order valence-electron chi connectivity index (χ1n) is 5.71. The van der Waals surface area contributed by atoms with E-state index in [0.29, 0.717) is 0 Å². The third-order valence-electron chi connectivity index (χ3n) is 3.15. The molecule has 0 saturated carbocycles. The van der Waals surface area contributed by atoms with Crippen LogP contribution in [-0.4, -0.2) is 13.7 Å². The third-order valence-corrected chi connectivity index (χ3v) is 3.71. The number of para-hydroxylation sites is 1. The van der Waals surface area contributed by atoms with Gasteiger partial charge in [0.1, 0.15) is 11.0 Å². The Balaban J connectivity index is 2.00. The Morgan fingerprint density at radius 2 is 1.83 bits per heavy atom. The fraction of sp³-hybridized carbons (Fsp3) is 0. The quantitative estimate of drug-likeness (QED) is 0.558. The van der Waals surface area contributed by atoms with E-state index in [1.807, 2.05) is 18.3 Å². The Labute approximate surface area is 107 Å². The lowest BCUT2D eigenvalue weighted by molar-refractivity contribution is 1.47. The summed E-state index contributed by atoms with van der Waals surface area (Å²) in [5, 5.41) is 1.24. The lowest BCUT2D eigenvalue weighted by Gasteiger charge is -1.99. The van der Waals surface area contributed by atoms with Crippen molar-refractivity contribution in [2.75, 3.05) is 0 Å². The molecule has 4 heteroatoms. The second-order valence-corrected chi connectivity index (χ2v) is 4.74. The highest BCUT2D eigenvalue weighted by Gasteiger charge is 2.07. The molecular formula is C14H9N3S. The molecule has 0 aliphatic heterocycles. The molecule has 0 bridgehead atoms. The van der Waals surface area contributed by atoms with Crippen molar-refractivity contribution < 1.29 is 0 Å². The van der Waals surface area contributed by atoms with Gasteiger partial charge in [0.25, 0.3) is 0 Å². The van der Waals surface area contributed by atoms with Crippen LogP contribution in [0, 0.1) is 0 Å². The summed E-state index contributed by atoms with van der Waals surface area (Å²) in [5.41, 5.74) is 5.46. The molecule has 2 aromatic heterocycles. The van der Waals surface area contributed by atoms with E-state index < -0.39 is 0 Å². The molecule has 2 aromatic carbocycles. The number of hydrogen-bond acceptors (Lipinski definition) is 3. The Bertz CT molecular complexity index is 844. The zero-order valence-electron chi connectivity index (χ0n) is 9.42. The van der Waals surface area contributed by atoms with Gasteiger partial charge in [-0.15, -0.1) is 0 Å². The minimum absolute atomic E-state index is 0.961. The molecule has 4 aromatic rings. The molecule has 0 radical (unpaired) electrons. The maximum atomic E-state index is 4.29. The molecule has 4 rings (SSSR count). The van der Waals surface area contributed by atoms with Crippen molar-refractivity contribution in [3.8, 4) is 11.1 Å². The minimum Gasteiger partial charge on any atom is -0.361 e. The molecule has 3 nitrogen and oxygen atoms in total. The molecular weight excluding hydrogens is 242 g/mol. The monoisotopic (exact) mass is 251 g/mol. The van der Waals surface area contributed by atoms with Crippen molar-refractivity contribution >= 4 is 33.7 Å². The van der Waals surface area contributed by atoms with Crippen LogP contribution in [0.15, 0.2) is 48.7 Å². The highest BCUT2D eigenvalue weighted by atomic mass is 32.1. The van der Waals surface area contributed by atoms with Gasteiger partial charge < -0.3 is 4.98 Å². The molecule has 0 saturated heterocycles. The van der Waals surface area contributed by atoms with E-state index in [-0.39, 0.29) is 0 Å². The largest absolute Gasteiger partial charge is 0.361 e. The standard InChI is InChI=1S/C14H9N3S/c1-2-4-12-10(3-1)11(8-15-12)9-5-6-13-14(7-9)17-18-16-13/h1-8,15H. The number of hydrogen-bond donors (Lipinski definition) is 1. The van der Waals surface area contributed by atoms with Gasteiger partial charge in [0.05, 0.1) is 11.7 Å². The van der Waals surface area contributed by atoms with E-state index in [9.17, 15) is 0 Å². The molecule has 2 heterocycles. The van der Waals surface area contributed by atoms with Crippen molar-refractivity contribution in [2.24, 2.45) is 0 Å². The first-order valence-corrected chi connectivity index (χ1v) is 6.44.